The Labute approximate surface area is 155 Å². The summed E-state index contributed by atoms with van der Waals surface area (Å²) in [4.78, 5) is 22.5. The van der Waals surface area contributed by atoms with Crippen molar-refractivity contribution in [3.63, 3.8) is 0 Å². The monoisotopic (exact) mass is 372 g/mol. The highest BCUT2D eigenvalue weighted by molar-refractivity contribution is 5.89. The number of anilines is 1. The number of phenolic OH excluding ortho intramolecular Hbond substituents is 1. The molecule has 2 aromatic rings. The molecule has 27 heavy (non-hydrogen) atoms. The summed E-state index contributed by atoms with van der Waals surface area (Å²) in [6.07, 6.45) is 1.11. The van der Waals surface area contributed by atoms with Gasteiger partial charge in [0.25, 0.3) is 11.6 Å². The number of benzene rings is 2. The second-order valence-corrected chi connectivity index (χ2v) is 5.81. The number of phenols is 1. The summed E-state index contributed by atoms with van der Waals surface area (Å²) in [7, 11) is 1.28. The molecular formula is C18H20N4O5. The lowest BCUT2D eigenvalue weighted by atomic mass is 10.2. The highest BCUT2D eigenvalue weighted by Crippen LogP contribution is 2.33. The van der Waals surface area contributed by atoms with Crippen LogP contribution in [-0.2, 0) is 4.79 Å². The van der Waals surface area contributed by atoms with E-state index in [1.165, 1.54) is 7.11 Å². The number of nitro groups is 1. The largest absolute Gasteiger partial charge is 0.504 e. The van der Waals surface area contributed by atoms with Gasteiger partial charge in [-0.2, -0.15) is 5.10 Å². The van der Waals surface area contributed by atoms with Crippen LogP contribution in [0.2, 0.25) is 0 Å². The molecule has 0 saturated carbocycles. The first kappa shape index (κ1) is 19.7. The summed E-state index contributed by atoms with van der Waals surface area (Å²) in [5.74, 6) is -0.789. The average molecular weight is 372 g/mol. The standard InChI is InChI=1S/C18H20N4O5/c1-11-5-4-6-14(7-11)20-12(2)18(24)21-19-10-13-8-15(22(25)26)9-16(27-3)17(13)23/h4-10,12,20,23H,1-3H3,(H,21,24)/b19-10-/t12-/m0/s1. The number of aryl methyl sites for hydroxylation is 1. The van der Waals surface area contributed by atoms with Gasteiger partial charge in [0.1, 0.15) is 6.04 Å². The SMILES string of the molecule is COc1cc([N+](=O)[O-])cc(/C=N\NC(=O)[C@H](C)Nc2cccc(C)c2)c1O. The van der Waals surface area contributed by atoms with Gasteiger partial charge in [0.05, 0.1) is 24.3 Å². The van der Waals surface area contributed by atoms with Crippen molar-refractivity contribution in [1.29, 1.82) is 0 Å². The van der Waals surface area contributed by atoms with Gasteiger partial charge in [-0.25, -0.2) is 5.43 Å². The molecule has 1 atom stereocenters. The summed E-state index contributed by atoms with van der Waals surface area (Å²) < 4.78 is 4.90. The summed E-state index contributed by atoms with van der Waals surface area (Å²) in [5.41, 5.74) is 3.95. The van der Waals surface area contributed by atoms with Crippen LogP contribution in [0, 0.1) is 17.0 Å². The van der Waals surface area contributed by atoms with Gasteiger partial charge in [0, 0.05) is 17.3 Å². The number of hydrogen-bond donors (Lipinski definition) is 3. The van der Waals surface area contributed by atoms with Gasteiger partial charge in [-0.05, 0) is 31.5 Å². The fourth-order valence-corrected chi connectivity index (χ4v) is 2.29. The Morgan fingerprint density at radius 2 is 2.11 bits per heavy atom. The molecule has 0 unspecified atom stereocenters. The number of nitrogens with zero attached hydrogens (tertiary/aromatic N) is 2. The van der Waals surface area contributed by atoms with Crippen LogP contribution in [0.25, 0.3) is 0 Å². The Bertz CT molecular complexity index is 882. The number of nitrogens with one attached hydrogen (secondary N) is 2. The first-order chi connectivity index (χ1) is 12.8. The topological polar surface area (TPSA) is 126 Å². The van der Waals surface area contributed by atoms with Crippen LogP contribution in [0.5, 0.6) is 11.5 Å². The van der Waals surface area contributed by atoms with Crippen LogP contribution >= 0.6 is 0 Å². The summed E-state index contributed by atoms with van der Waals surface area (Å²) in [6, 6.07) is 9.21. The van der Waals surface area contributed by atoms with E-state index < -0.39 is 16.9 Å². The Kier molecular flexibility index (Phi) is 6.32. The highest BCUT2D eigenvalue weighted by Gasteiger charge is 2.16. The summed E-state index contributed by atoms with van der Waals surface area (Å²) in [5, 5.41) is 27.8. The van der Waals surface area contributed by atoms with Gasteiger partial charge < -0.3 is 15.2 Å². The molecule has 2 aromatic carbocycles. The maximum absolute atomic E-state index is 12.1. The lowest BCUT2D eigenvalue weighted by Gasteiger charge is -2.13. The maximum Gasteiger partial charge on any atom is 0.274 e. The van der Waals surface area contributed by atoms with Gasteiger partial charge in [-0.1, -0.05) is 12.1 Å². The first-order valence-electron chi connectivity index (χ1n) is 8.03. The fraction of sp³-hybridized carbons (Fsp3) is 0.222. The average Bonchev–Trinajstić information content (AvgIpc) is 2.62. The van der Waals surface area contributed by atoms with E-state index in [0.717, 1.165) is 29.6 Å². The normalized spacial score (nSPS) is 11.8. The molecule has 2 rings (SSSR count). The Morgan fingerprint density at radius 1 is 1.37 bits per heavy atom. The van der Waals surface area contributed by atoms with Crippen LogP contribution in [0.3, 0.4) is 0 Å². The lowest BCUT2D eigenvalue weighted by Crippen LogP contribution is -2.34. The van der Waals surface area contributed by atoms with Gasteiger partial charge >= 0.3 is 0 Å². The second-order valence-electron chi connectivity index (χ2n) is 5.81. The zero-order valence-electron chi connectivity index (χ0n) is 15.1. The van der Waals surface area contributed by atoms with E-state index in [1.54, 1.807) is 6.92 Å². The Balaban J connectivity index is 2.06. The molecule has 0 spiro atoms. The molecule has 0 heterocycles. The number of amides is 1. The predicted molar refractivity (Wildman–Crippen MR) is 101 cm³/mol. The number of hydrogen-bond acceptors (Lipinski definition) is 7. The van der Waals surface area contributed by atoms with Crippen molar-refractivity contribution in [3.05, 3.63) is 57.6 Å². The Hall–Kier alpha value is -3.62. The number of aromatic hydroxyl groups is 1. The minimum atomic E-state index is -0.619. The quantitative estimate of drug-likeness (QED) is 0.389. The molecule has 1 amide bonds. The third kappa shape index (κ3) is 5.18. The van der Waals surface area contributed by atoms with E-state index in [0.29, 0.717) is 0 Å². The number of methoxy groups -OCH3 is 1. The van der Waals surface area contributed by atoms with Crippen molar-refractivity contribution < 1.29 is 19.6 Å². The van der Waals surface area contributed by atoms with E-state index in [9.17, 15) is 20.0 Å². The second kappa shape index (κ2) is 8.65. The van der Waals surface area contributed by atoms with Crippen LogP contribution < -0.4 is 15.5 Å². The maximum atomic E-state index is 12.1. The molecule has 3 N–H and O–H groups in total. The third-order valence-corrected chi connectivity index (χ3v) is 3.69. The van der Waals surface area contributed by atoms with Crippen molar-refractivity contribution in [1.82, 2.24) is 5.43 Å². The number of carbonyl (C=O) groups excluding carboxylic acids is 1. The molecule has 0 aliphatic rings. The van der Waals surface area contributed by atoms with Gasteiger partial charge in [-0.15, -0.1) is 0 Å². The number of hydrazone groups is 1. The molecule has 0 radical (unpaired) electrons. The Morgan fingerprint density at radius 3 is 2.74 bits per heavy atom. The van der Waals surface area contributed by atoms with E-state index in [2.05, 4.69) is 15.8 Å². The van der Waals surface area contributed by atoms with Crippen LogP contribution in [0.1, 0.15) is 18.1 Å². The predicted octanol–water partition coefficient (Wildman–Crippen LogP) is 2.57. The number of non-ortho nitro benzene ring substituents is 1. The van der Waals surface area contributed by atoms with Crippen molar-refractivity contribution in [2.45, 2.75) is 19.9 Å². The van der Waals surface area contributed by atoms with Gasteiger partial charge in [-0.3, -0.25) is 14.9 Å². The molecule has 9 heteroatoms. The minimum absolute atomic E-state index is 0.0423. The van der Waals surface area contributed by atoms with Crippen LogP contribution in [0.4, 0.5) is 11.4 Å². The molecule has 0 aliphatic carbocycles. The highest BCUT2D eigenvalue weighted by atomic mass is 16.6. The zero-order chi connectivity index (χ0) is 20.0. The van der Waals surface area contributed by atoms with E-state index >= 15 is 0 Å². The van der Waals surface area contributed by atoms with Gasteiger partial charge in [0.15, 0.2) is 11.5 Å². The van der Waals surface area contributed by atoms with E-state index in [1.807, 2.05) is 31.2 Å². The van der Waals surface area contributed by atoms with Crippen molar-refractivity contribution in [2.24, 2.45) is 5.10 Å². The van der Waals surface area contributed by atoms with Crippen LogP contribution in [0.15, 0.2) is 41.5 Å². The molecule has 9 nitrogen and oxygen atoms in total. The smallest absolute Gasteiger partial charge is 0.274 e. The number of nitro benzene ring substituents is 1. The molecule has 0 saturated heterocycles. The first-order valence-corrected chi connectivity index (χ1v) is 8.03. The fourth-order valence-electron chi connectivity index (χ4n) is 2.29. The molecule has 142 valence electrons. The van der Waals surface area contributed by atoms with Gasteiger partial charge in [0.2, 0.25) is 0 Å². The summed E-state index contributed by atoms with van der Waals surface area (Å²) >= 11 is 0. The van der Waals surface area contributed by atoms with Crippen molar-refractivity contribution in [2.75, 3.05) is 12.4 Å². The van der Waals surface area contributed by atoms with E-state index in [4.69, 9.17) is 4.74 Å². The number of ether oxygens (including phenoxy) is 1. The lowest BCUT2D eigenvalue weighted by molar-refractivity contribution is -0.385. The minimum Gasteiger partial charge on any atom is -0.504 e. The number of carbonyl (C=O) groups is 1. The van der Waals surface area contributed by atoms with E-state index in [-0.39, 0.29) is 22.7 Å². The molecule has 0 aliphatic heterocycles. The van der Waals surface area contributed by atoms with Crippen molar-refractivity contribution >= 4 is 23.5 Å². The summed E-state index contributed by atoms with van der Waals surface area (Å²) in [6.45, 7) is 3.61. The molecule has 0 fully saturated rings. The molecular weight excluding hydrogens is 352 g/mol. The third-order valence-electron chi connectivity index (χ3n) is 3.69. The number of rotatable bonds is 7. The van der Waals surface area contributed by atoms with Crippen molar-refractivity contribution in [3.8, 4) is 11.5 Å². The molecule has 0 bridgehead atoms. The van der Waals surface area contributed by atoms with Crippen LogP contribution in [-0.4, -0.2) is 35.3 Å². The zero-order valence-corrected chi connectivity index (χ0v) is 15.1. The molecule has 0 aromatic heterocycles.